The summed E-state index contributed by atoms with van der Waals surface area (Å²) in [5.74, 6) is -1.32. The van der Waals surface area contributed by atoms with Crippen molar-refractivity contribution < 1.29 is 9.59 Å². The second-order valence-electron chi connectivity index (χ2n) is 6.21. The van der Waals surface area contributed by atoms with Gasteiger partial charge in [-0.25, -0.2) is 0 Å². The summed E-state index contributed by atoms with van der Waals surface area (Å²) < 4.78 is 0. The average Bonchev–Trinajstić information content (AvgIpc) is 2.71. The van der Waals surface area contributed by atoms with Gasteiger partial charge in [0.1, 0.15) is 0 Å². The number of nitrogens with zero attached hydrogens (tertiary/aromatic N) is 1. The summed E-state index contributed by atoms with van der Waals surface area (Å²) in [6.07, 6.45) is 4.06. The summed E-state index contributed by atoms with van der Waals surface area (Å²) in [5.41, 5.74) is 2.54. The summed E-state index contributed by atoms with van der Waals surface area (Å²) in [7, 11) is 0. The van der Waals surface area contributed by atoms with Crippen LogP contribution in [0.4, 0.5) is 5.69 Å². The number of nitrogens with one attached hydrogen (secondary N) is 2. The Morgan fingerprint density at radius 2 is 1.79 bits per heavy atom. The van der Waals surface area contributed by atoms with Crippen LogP contribution >= 0.6 is 11.8 Å². The van der Waals surface area contributed by atoms with Crippen LogP contribution in [0.5, 0.6) is 0 Å². The summed E-state index contributed by atoms with van der Waals surface area (Å²) in [4.78, 5) is 30.4. The monoisotopic (exact) mass is 391 g/mol. The van der Waals surface area contributed by atoms with E-state index in [9.17, 15) is 9.59 Å². The van der Waals surface area contributed by atoms with Gasteiger partial charge >= 0.3 is 11.8 Å². The predicted molar refractivity (Wildman–Crippen MR) is 111 cm³/mol. The molecule has 6 heteroatoms. The molecule has 3 rings (SSSR count). The number of amides is 2. The predicted octanol–water partition coefficient (Wildman–Crippen LogP) is 3.84. The zero-order chi connectivity index (χ0) is 19.8. The van der Waals surface area contributed by atoms with Crippen molar-refractivity contribution in [3.05, 3.63) is 84.2 Å². The lowest BCUT2D eigenvalue weighted by atomic mass is 10.2. The van der Waals surface area contributed by atoms with E-state index in [1.54, 1.807) is 24.2 Å². The molecule has 5 nitrogen and oxygen atoms in total. The third-order valence-electron chi connectivity index (χ3n) is 4.05. The number of pyridine rings is 1. The summed E-state index contributed by atoms with van der Waals surface area (Å²) >= 11 is 1.65. The van der Waals surface area contributed by atoms with Gasteiger partial charge in [-0.1, -0.05) is 36.0 Å². The van der Waals surface area contributed by atoms with Crippen LogP contribution in [-0.2, 0) is 16.0 Å². The van der Waals surface area contributed by atoms with E-state index < -0.39 is 11.8 Å². The number of hydrogen-bond donors (Lipinski definition) is 2. The molecule has 0 bridgehead atoms. The zero-order valence-corrected chi connectivity index (χ0v) is 16.3. The van der Waals surface area contributed by atoms with Crippen molar-refractivity contribution in [2.45, 2.75) is 23.1 Å². The number of carbonyl (C=O) groups is 2. The number of aryl methyl sites for hydroxylation is 1. The first-order chi connectivity index (χ1) is 13.6. The van der Waals surface area contributed by atoms with Gasteiger partial charge in [0.2, 0.25) is 0 Å². The van der Waals surface area contributed by atoms with Crippen molar-refractivity contribution >= 4 is 29.3 Å². The van der Waals surface area contributed by atoms with Crippen molar-refractivity contribution in [3.63, 3.8) is 0 Å². The van der Waals surface area contributed by atoms with Crippen LogP contribution in [0.1, 0.15) is 11.1 Å². The number of hydrogen-bond acceptors (Lipinski definition) is 4. The molecule has 0 aliphatic rings. The number of anilines is 1. The average molecular weight is 391 g/mol. The van der Waals surface area contributed by atoms with Crippen molar-refractivity contribution in [2.24, 2.45) is 0 Å². The highest BCUT2D eigenvalue weighted by Gasteiger charge is 2.14. The van der Waals surface area contributed by atoms with Crippen LogP contribution < -0.4 is 10.6 Å². The topological polar surface area (TPSA) is 71.1 Å². The van der Waals surface area contributed by atoms with Crippen molar-refractivity contribution in [1.29, 1.82) is 0 Å². The van der Waals surface area contributed by atoms with Gasteiger partial charge in [0.15, 0.2) is 0 Å². The van der Waals surface area contributed by atoms with E-state index in [0.717, 1.165) is 20.9 Å². The molecule has 0 fully saturated rings. The first kappa shape index (κ1) is 19.6. The van der Waals surface area contributed by atoms with Gasteiger partial charge < -0.3 is 10.6 Å². The molecule has 3 aromatic rings. The maximum absolute atomic E-state index is 12.1. The van der Waals surface area contributed by atoms with Crippen molar-refractivity contribution in [1.82, 2.24) is 10.3 Å². The molecule has 0 saturated heterocycles. The van der Waals surface area contributed by atoms with Gasteiger partial charge in [0.05, 0.1) is 0 Å². The van der Waals surface area contributed by atoms with E-state index in [2.05, 4.69) is 15.6 Å². The smallest absolute Gasteiger partial charge is 0.313 e. The molecule has 2 aromatic carbocycles. The molecule has 142 valence electrons. The number of rotatable bonds is 6. The second kappa shape index (κ2) is 9.71. The van der Waals surface area contributed by atoms with Crippen LogP contribution in [0.2, 0.25) is 0 Å². The lowest BCUT2D eigenvalue weighted by Gasteiger charge is -2.10. The minimum atomic E-state index is -0.669. The van der Waals surface area contributed by atoms with Crippen LogP contribution in [0.25, 0.3) is 0 Å². The Morgan fingerprint density at radius 3 is 2.50 bits per heavy atom. The molecule has 2 amide bonds. The Bertz CT molecular complexity index is 947. The fourth-order valence-electron chi connectivity index (χ4n) is 2.59. The first-order valence-electron chi connectivity index (χ1n) is 8.93. The molecule has 0 radical (unpaired) electrons. The standard InChI is InChI=1S/C22H21N3O2S/c1-16-14-19(28-18-7-3-2-4-8-18)9-10-20(16)25-22(27)21(26)24-13-11-17-6-5-12-23-15-17/h2-10,12,14-15H,11,13H2,1H3,(H,24,26)(H,25,27). The Kier molecular flexibility index (Phi) is 6.81. The Labute approximate surface area is 168 Å². The molecule has 0 aliphatic carbocycles. The fraction of sp³-hybridized carbons (Fsp3) is 0.136. The molecule has 0 atom stereocenters. The van der Waals surface area contributed by atoms with Crippen molar-refractivity contribution in [2.75, 3.05) is 11.9 Å². The van der Waals surface area contributed by atoms with Gasteiger partial charge in [0.25, 0.3) is 0 Å². The van der Waals surface area contributed by atoms with Gasteiger partial charge in [-0.05, 0) is 60.9 Å². The second-order valence-corrected chi connectivity index (χ2v) is 7.36. The van der Waals surface area contributed by atoms with E-state index in [4.69, 9.17) is 0 Å². The SMILES string of the molecule is Cc1cc(Sc2ccccc2)ccc1NC(=O)C(=O)NCCc1cccnc1. The molecule has 0 saturated carbocycles. The molecule has 1 heterocycles. The third-order valence-corrected chi connectivity index (χ3v) is 5.05. The van der Waals surface area contributed by atoms with E-state index in [1.165, 1.54) is 0 Å². The minimum Gasteiger partial charge on any atom is -0.347 e. The van der Waals surface area contributed by atoms with E-state index >= 15 is 0 Å². The number of carbonyl (C=O) groups excluding carboxylic acids is 2. The van der Waals surface area contributed by atoms with Crippen LogP contribution in [0.3, 0.4) is 0 Å². The summed E-state index contributed by atoms with van der Waals surface area (Å²) in [6, 6.07) is 19.6. The molecule has 1 aromatic heterocycles. The Balaban J connectivity index is 1.52. The quantitative estimate of drug-likeness (QED) is 0.627. The van der Waals surface area contributed by atoms with Gasteiger partial charge in [0, 0.05) is 34.4 Å². The Morgan fingerprint density at radius 1 is 0.964 bits per heavy atom. The zero-order valence-electron chi connectivity index (χ0n) is 15.5. The van der Waals surface area contributed by atoms with Crippen molar-refractivity contribution in [3.8, 4) is 0 Å². The lowest BCUT2D eigenvalue weighted by Crippen LogP contribution is -2.36. The largest absolute Gasteiger partial charge is 0.347 e. The van der Waals surface area contributed by atoms with Gasteiger partial charge in [-0.15, -0.1) is 0 Å². The maximum atomic E-state index is 12.1. The fourth-order valence-corrected chi connectivity index (χ4v) is 3.53. The van der Waals surface area contributed by atoms with Gasteiger partial charge in [-0.2, -0.15) is 0 Å². The number of aromatic nitrogens is 1. The normalized spacial score (nSPS) is 10.3. The molecule has 2 N–H and O–H groups in total. The Hall–Kier alpha value is -3.12. The molecular weight excluding hydrogens is 370 g/mol. The number of benzene rings is 2. The molecule has 0 spiro atoms. The van der Waals surface area contributed by atoms with Crippen LogP contribution in [-0.4, -0.2) is 23.3 Å². The van der Waals surface area contributed by atoms with E-state index in [1.807, 2.05) is 67.6 Å². The lowest BCUT2D eigenvalue weighted by molar-refractivity contribution is -0.136. The van der Waals surface area contributed by atoms with Crippen LogP contribution in [0.15, 0.2) is 82.8 Å². The summed E-state index contributed by atoms with van der Waals surface area (Å²) in [6.45, 7) is 2.29. The van der Waals surface area contributed by atoms with Gasteiger partial charge in [-0.3, -0.25) is 14.6 Å². The molecule has 0 unspecified atom stereocenters. The third kappa shape index (κ3) is 5.69. The highest BCUT2D eigenvalue weighted by molar-refractivity contribution is 7.99. The van der Waals surface area contributed by atoms with E-state index in [0.29, 0.717) is 18.7 Å². The highest BCUT2D eigenvalue weighted by Crippen LogP contribution is 2.30. The minimum absolute atomic E-state index is 0.379. The first-order valence-corrected chi connectivity index (χ1v) is 9.75. The molecular formula is C22H21N3O2S. The molecule has 28 heavy (non-hydrogen) atoms. The van der Waals surface area contributed by atoms with Crippen LogP contribution in [0, 0.1) is 6.92 Å². The molecule has 0 aliphatic heterocycles. The van der Waals surface area contributed by atoms with E-state index in [-0.39, 0.29) is 0 Å². The summed E-state index contributed by atoms with van der Waals surface area (Å²) in [5, 5.41) is 5.31. The highest BCUT2D eigenvalue weighted by atomic mass is 32.2. The maximum Gasteiger partial charge on any atom is 0.313 e.